The van der Waals surface area contributed by atoms with Crippen LogP contribution >= 0.6 is 0 Å². The highest BCUT2D eigenvalue weighted by Gasteiger charge is 2.41. The van der Waals surface area contributed by atoms with Crippen LogP contribution in [0.3, 0.4) is 0 Å². The molecule has 0 aromatic heterocycles. The van der Waals surface area contributed by atoms with E-state index in [0.29, 0.717) is 5.04 Å². The van der Waals surface area contributed by atoms with Gasteiger partial charge in [-0.25, -0.2) is 0 Å². The first kappa shape index (κ1) is 20.3. The van der Waals surface area contributed by atoms with Crippen molar-refractivity contribution < 1.29 is 8.85 Å². The molecule has 122 valence electrons. The van der Waals surface area contributed by atoms with Gasteiger partial charge in [-0.3, -0.25) is 0 Å². The van der Waals surface area contributed by atoms with Crippen LogP contribution in [0.15, 0.2) is 0 Å². The molecule has 0 aromatic carbocycles. The third-order valence-corrected chi connectivity index (χ3v) is 13.7. The van der Waals surface area contributed by atoms with Gasteiger partial charge in [0.05, 0.1) is 0 Å². The summed E-state index contributed by atoms with van der Waals surface area (Å²) in [6.07, 6.45) is 2.54. The van der Waals surface area contributed by atoms with E-state index >= 15 is 0 Å². The molecule has 0 aliphatic heterocycles. The van der Waals surface area contributed by atoms with Gasteiger partial charge >= 0.3 is 8.56 Å². The van der Waals surface area contributed by atoms with Crippen LogP contribution in [-0.4, -0.2) is 48.7 Å². The van der Waals surface area contributed by atoms with Gasteiger partial charge in [0, 0.05) is 20.3 Å². The first-order chi connectivity index (χ1) is 9.04. The van der Waals surface area contributed by atoms with Gasteiger partial charge in [0.25, 0.3) is 0 Å². The van der Waals surface area contributed by atoms with E-state index in [1.165, 1.54) is 19.4 Å². The Labute approximate surface area is 129 Å². The lowest BCUT2D eigenvalue weighted by atomic mass is 10.2. The van der Waals surface area contributed by atoms with E-state index in [9.17, 15) is 0 Å². The van der Waals surface area contributed by atoms with Crippen LogP contribution in [0.25, 0.3) is 0 Å². The fraction of sp³-hybridized carbons (Fsp3) is 1.00. The molecule has 0 heterocycles. The molecule has 0 unspecified atom stereocenters. The van der Waals surface area contributed by atoms with Crippen LogP contribution in [0.1, 0.15) is 40.5 Å². The van der Waals surface area contributed by atoms with Crippen molar-refractivity contribution in [2.45, 2.75) is 71.3 Å². The van der Waals surface area contributed by atoms with E-state index in [-0.39, 0.29) is 0 Å². The van der Waals surface area contributed by atoms with Gasteiger partial charge < -0.3 is 13.4 Å². The second kappa shape index (κ2) is 8.08. The van der Waals surface area contributed by atoms with Crippen LogP contribution in [-0.2, 0) is 8.85 Å². The zero-order chi connectivity index (χ0) is 16.0. The summed E-state index contributed by atoms with van der Waals surface area (Å²) in [5.41, 5.74) is 0. The SMILES string of the molecule is CCCCN(CC[Si](C)(OC)OC)[Si](C)(C)C(C)(C)C. The van der Waals surface area contributed by atoms with Crippen LogP contribution < -0.4 is 0 Å². The number of nitrogens with zero attached hydrogens (tertiary/aromatic N) is 1. The molecule has 0 atom stereocenters. The lowest BCUT2D eigenvalue weighted by Crippen LogP contribution is -2.56. The van der Waals surface area contributed by atoms with E-state index in [0.717, 1.165) is 12.6 Å². The van der Waals surface area contributed by atoms with Gasteiger partial charge in [-0.05, 0) is 31.1 Å². The van der Waals surface area contributed by atoms with E-state index in [1.807, 2.05) is 0 Å². The predicted molar refractivity (Wildman–Crippen MR) is 94.1 cm³/mol. The van der Waals surface area contributed by atoms with Gasteiger partial charge in [-0.1, -0.05) is 47.2 Å². The first-order valence-corrected chi connectivity index (χ1v) is 13.4. The molecular weight excluding hydrogens is 282 g/mol. The fourth-order valence-electron chi connectivity index (χ4n) is 2.12. The Morgan fingerprint density at radius 2 is 1.45 bits per heavy atom. The largest absolute Gasteiger partial charge is 0.398 e. The van der Waals surface area contributed by atoms with Crippen LogP contribution in [0.4, 0.5) is 0 Å². The molecule has 3 nitrogen and oxygen atoms in total. The Kier molecular flexibility index (Phi) is 8.21. The van der Waals surface area contributed by atoms with Gasteiger partial charge in [-0.2, -0.15) is 0 Å². The number of rotatable bonds is 9. The van der Waals surface area contributed by atoms with Crippen molar-refractivity contribution in [2.24, 2.45) is 0 Å². The Morgan fingerprint density at radius 1 is 0.950 bits per heavy atom. The predicted octanol–water partition coefficient (Wildman–Crippen LogP) is 4.46. The maximum Gasteiger partial charge on any atom is 0.335 e. The van der Waals surface area contributed by atoms with E-state index in [1.54, 1.807) is 14.2 Å². The number of hydrogen-bond donors (Lipinski definition) is 0. The van der Waals surface area contributed by atoms with E-state index in [2.05, 4.69) is 51.9 Å². The zero-order valence-electron chi connectivity index (χ0n) is 15.3. The third kappa shape index (κ3) is 5.60. The molecule has 0 saturated carbocycles. The summed E-state index contributed by atoms with van der Waals surface area (Å²) in [4.78, 5) is 0. The molecule has 0 spiro atoms. The normalized spacial score (nSPS) is 14.1. The lowest BCUT2D eigenvalue weighted by molar-refractivity contribution is 0.244. The third-order valence-electron chi connectivity index (χ3n) is 5.11. The number of hydrogen-bond acceptors (Lipinski definition) is 3. The molecule has 0 aliphatic rings. The number of unbranched alkanes of at least 4 members (excludes halogenated alkanes) is 1. The Balaban J connectivity index is 4.90. The van der Waals surface area contributed by atoms with Crippen molar-refractivity contribution in [1.29, 1.82) is 0 Å². The molecule has 0 aromatic rings. The van der Waals surface area contributed by atoms with Gasteiger partial charge in [0.1, 0.15) is 8.24 Å². The fourth-order valence-corrected chi connectivity index (χ4v) is 5.93. The summed E-state index contributed by atoms with van der Waals surface area (Å²) in [6, 6.07) is 1.05. The van der Waals surface area contributed by atoms with Crippen molar-refractivity contribution in [3.05, 3.63) is 0 Å². The van der Waals surface area contributed by atoms with Crippen molar-refractivity contribution in [2.75, 3.05) is 27.3 Å². The molecule has 0 bridgehead atoms. The minimum absolute atomic E-state index is 0.388. The first-order valence-electron chi connectivity index (χ1n) is 7.89. The maximum atomic E-state index is 5.65. The average molecular weight is 320 g/mol. The summed E-state index contributed by atoms with van der Waals surface area (Å²) in [7, 11) is 0.171. The Hall–Kier alpha value is 0.314. The molecule has 5 heteroatoms. The highest BCUT2D eigenvalue weighted by atomic mass is 28.4. The summed E-state index contributed by atoms with van der Waals surface area (Å²) in [5, 5.41) is 0.388. The van der Waals surface area contributed by atoms with Gasteiger partial charge in [0.2, 0.25) is 0 Å². The smallest absolute Gasteiger partial charge is 0.335 e. The highest BCUT2D eigenvalue weighted by Crippen LogP contribution is 2.38. The van der Waals surface area contributed by atoms with E-state index in [4.69, 9.17) is 8.85 Å². The van der Waals surface area contributed by atoms with Crippen LogP contribution in [0.2, 0.25) is 30.7 Å². The second-order valence-corrected chi connectivity index (χ2v) is 16.3. The standard InChI is InChI=1S/C15H37NO2Si2/c1-10-11-12-16(19(7,8)15(2,3)4)13-14-20(9,17-5)18-6/h10-14H2,1-9H3. The topological polar surface area (TPSA) is 21.7 Å². The van der Waals surface area contributed by atoms with Gasteiger partial charge in [0.15, 0.2) is 0 Å². The van der Waals surface area contributed by atoms with Crippen LogP contribution in [0, 0.1) is 0 Å². The molecule has 0 N–H and O–H groups in total. The molecular formula is C15H37NO2Si2. The second-order valence-electron chi connectivity index (χ2n) is 7.44. The van der Waals surface area contributed by atoms with Crippen molar-refractivity contribution in [3.8, 4) is 0 Å². The Bertz CT molecular complexity index is 274. The molecule has 0 amide bonds. The monoisotopic (exact) mass is 319 g/mol. The average Bonchev–Trinajstić information content (AvgIpc) is 2.36. The summed E-state index contributed by atoms with van der Waals surface area (Å²) in [6.45, 7) is 18.9. The minimum Gasteiger partial charge on any atom is -0.398 e. The zero-order valence-corrected chi connectivity index (χ0v) is 17.3. The quantitative estimate of drug-likeness (QED) is 0.586. The molecule has 0 radical (unpaired) electrons. The molecule has 0 fully saturated rings. The van der Waals surface area contributed by atoms with Crippen LogP contribution in [0.5, 0.6) is 0 Å². The maximum absolute atomic E-state index is 5.65. The van der Waals surface area contributed by atoms with E-state index < -0.39 is 16.8 Å². The molecule has 20 heavy (non-hydrogen) atoms. The summed E-state index contributed by atoms with van der Waals surface area (Å²) >= 11 is 0. The Morgan fingerprint density at radius 3 is 1.80 bits per heavy atom. The van der Waals surface area contributed by atoms with Gasteiger partial charge in [-0.15, -0.1) is 0 Å². The summed E-state index contributed by atoms with van der Waals surface area (Å²) in [5.74, 6) is 0. The summed E-state index contributed by atoms with van der Waals surface area (Å²) < 4.78 is 14.1. The van der Waals surface area contributed by atoms with Crippen molar-refractivity contribution in [1.82, 2.24) is 4.57 Å². The lowest BCUT2D eigenvalue weighted by Gasteiger charge is -2.46. The van der Waals surface area contributed by atoms with Crippen molar-refractivity contribution >= 4 is 16.8 Å². The highest BCUT2D eigenvalue weighted by molar-refractivity contribution is 6.77. The van der Waals surface area contributed by atoms with Crippen molar-refractivity contribution in [3.63, 3.8) is 0 Å². The molecule has 0 aliphatic carbocycles. The molecule has 0 saturated heterocycles. The molecule has 0 rings (SSSR count). The minimum atomic E-state index is -1.96.